The standard InChI is InChI=1S/C56H83N15O10/c1-10-33(6)47(53(79)65-39(48(57)74)21-35-25-58-28-61-35)70-52(78)46(32(4)5)69-45(73)24-44(72)38(19-31(2)3)64-50(76)41(22-36-26-59-29-62-36)66-49(75)40(20-34-15-12-11-13-16-34)67-51(77)43-17-14-18-71(43)54(80)42(23-37-27-60-30-63-37)68-55(81)56(7,8)9/h11-13,15-16,25-33,38-44,46-47,72H,10,14,17-24H2,1-9H3,(H2,57,74)(H,58,61)(H,59,62)(H,60,63)(H,64,76)(H,65,79)(H,66,75)(H,67,77)(H,68,81)(H,69,73)(H,70,78)/t33-,38-,39-,40-,41-,42-,43-,44-,46-,47-/m0/s1. The van der Waals surface area contributed by atoms with Crippen LogP contribution in [0.5, 0.6) is 0 Å². The number of nitrogens with zero attached hydrogens (tertiary/aromatic N) is 4. The Bertz CT molecular complexity index is 2690. The van der Waals surface area contributed by atoms with E-state index in [2.05, 4.69) is 67.1 Å². The highest BCUT2D eigenvalue weighted by Gasteiger charge is 2.41. The second-order valence-corrected chi connectivity index (χ2v) is 22.8. The molecule has 0 spiro atoms. The first kappa shape index (κ1) is 63.9. The summed E-state index contributed by atoms with van der Waals surface area (Å²) in [5, 5.41) is 31.2. The molecular formula is C56H83N15O10. The fraction of sp³-hybridized carbons (Fsp3) is 0.571. The molecule has 1 fully saturated rings. The average molecular weight is 1130 g/mol. The molecule has 0 bridgehead atoms. The molecule has 1 aromatic carbocycles. The van der Waals surface area contributed by atoms with E-state index < -0.39 is 125 Å². The minimum absolute atomic E-state index is 0.00527. The number of hydrogen-bond donors (Lipinski definition) is 12. The van der Waals surface area contributed by atoms with Gasteiger partial charge in [0, 0.05) is 73.3 Å². The Morgan fingerprint density at radius 3 is 1.72 bits per heavy atom. The van der Waals surface area contributed by atoms with Crippen molar-refractivity contribution in [2.45, 2.75) is 175 Å². The van der Waals surface area contributed by atoms with Gasteiger partial charge in [-0.3, -0.25) is 43.2 Å². The monoisotopic (exact) mass is 1130 g/mol. The molecule has 0 radical (unpaired) electrons. The summed E-state index contributed by atoms with van der Waals surface area (Å²) < 4.78 is 0. The summed E-state index contributed by atoms with van der Waals surface area (Å²) in [6.07, 6.45) is 8.17. The Morgan fingerprint density at radius 2 is 1.20 bits per heavy atom. The maximum atomic E-state index is 14.7. The number of benzene rings is 1. The molecule has 25 nitrogen and oxygen atoms in total. The third-order valence-corrected chi connectivity index (χ3v) is 14.2. The number of imidazole rings is 3. The number of aromatic nitrogens is 6. The summed E-state index contributed by atoms with van der Waals surface area (Å²) in [5.74, 6) is -6.81. The zero-order valence-corrected chi connectivity index (χ0v) is 47.8. The average Bonchev–Trinajstić information content (AvgIpc) is 4.29. The van der Waals surface area contributed by atoms with E-state index in [9.17, 15) is 48.3 Å². The van der Waals surface area contributed by atoms with Gasteiger partial charge in [-0.25, -0.2) is 15.0 Å². The van der Waals surface area contributed by atoms with Gasteiger partial charge in [-0.1, -0.05) is 99.1 Å². The van der Waals surface area contributed by atoms with Gasteiger partial charge in [0.2, 0.25) is 53.2 Å². The molecule has 9 amide bonds. The van der Waals surface area contributed by atoms with E-state index in [-0.39, 0.29) is 56.9 Å². The number of hydrogen-bond acceptors (Lipinski definition) is 13. The number of likely N-dealkylation sites (tertiary alicyclic amines) is 1. The van der Waals surface area contributed by atoms with Gasteiger partial charge in [0.15, 0.2) is 0 Å². The second kappa shape index (κ2) is 30.0. The molecule has 3 aromatic heterocycles. The third kappa shape index (κ3) is 19.4. The van der Waals surface area contributed by atoms with Crippen LogP contribution in [-0.4, -0.2) is 154 Å². The Labute approximate surface area is 472 Å². The number of H-pyrrole nitrogens is 3. The molecule has 4 heterocycles. The molecule has 10 atom stereocenters. The third-order valence-electron chi connectivity index (χ3n) is 14.2. The normalized spacial score (nSPS) is 16.8. The zero-order valence-electron chi connectivity index (χ0n) is 47.8. The van der Waals surface area contributed by atoms with Crippen LogP contribution < -0.4 is 43.0 Å². The molecule has 1 aliphatic rings. The molecule has 81 heavy (non-hydrogen) atoms. The number of aliphatic hydroxyl groups is 1. The maximum absolute atomic E-state index is 14.7. The van der Waals surface area contributed by atoms with Crippen molar-refractivity contribution in [1.82, 2.24) is 72.0 Å². The minimum atomic E-state index is -1.50. The molecule has 25 heteroatoms. The van der Waals surface area contributed by atoms with Gasteiger partial charge in [-0.05, 0) is 42.6 Å². The van der Waals surface area contributed by atoms with Gasteiger partial charge in [0.1, 0.15) is 42.3 Å². The van der Waals surface area contributed by atoms with Crippen molar-refractivity contribution in [2.24, 2.45) is 28.9 Å². The SMILES string of the molecule is CC[C@H](C)[C@H](NC(=O)[C@@H](NC(=O)C[C@H](O)[C@H](CC(C)C)NC(=O)[C@H](Cc1cnc[nH]1)NC(=O)[C@H](Cc1ccccc1)NC(=O)[C@@H]1CCCN1C(=O)[C@H](Cc1cnc[nH]1)NC(=O)C(C)(C)C)C(C)C)C(=O)N[C@@H](Cc1cnc[nH]1)C(N)=O. The quantitative estimate of drug-likeness (QED) is 0.0340. The highest BCUT2D eigenvalue weighted by molar-refractivity contribution is 5.97. The van der Waals surface area contributed by atoms with E-state index in [1.807, 2.05) is 20.8 Å². The molecule has 0 unspecified atom stereocenters. The van der Waals surface area contributed by atoms with Gasteiger partial charge in [-0.15, -0.1) is 0 Å². The van der Waals surface area contributed by atoms with Gasteiger partial charge >= 0.3 is 0 Å². The van der Waals surface area contributed by atoms with E-state index in [4.69, 9.17) is 5.73 Å². The van der Waals surface area contributed by atoms with Gasteiger partial charge < -0.3 is 67.9 Å². The molecule has 0 aliphatic carbocycles. The van der Waals surface area contributed by atoms with Crippen LogP contribution in [0.2, 0.25) is 0 Å². The van der Waals surface area contributed by atoms with Crippen LogP contribution in [-0.2, 0) is 68.8 Å². The lowest BCUT2D eigenvalue weighted by molar-refractivity contribution is -0.143. The summed E-state index contributed by atoms with van der Waals surface area (Å²) in [5.41, 5.74) is 7.10. The van der Waals surface area contributed by atoms with E-state index >= 15 is 0 Å². The highest BCUT2D eigenvalue weighted by atomic mass is 16.3. The topological polar surface area (TPSA) is 373 Å². The summed E-state index contributed by atoms with van der Waals surface area (Å²) in [4.78, 5) is 147. The molecule has 442 valence electrons. The number of amides is 9. The Morgan fingerprint density at radius 1 is 0.667 bits per heavy atom. The largest absolute Gasteiger partial charge is 0.390 e. The highest BCUT2D eigenvalue weighted by Crippen LogP contribution is 2.22. The first-order valence-corrected chi connectivity index (χ1v) is 27.7. The number of primary amides is 1. The van der Waals surface area contributed by atoms with Gasteiger partial charge in [-0.2, -0.15) is 0 Å². The number of carbonyl (C=O) groups excluding carboxylic acids is 9. The number of rotatable bonds is 30. The maximum Gasteiger partial charge on any atom is 0.246 e. The molecule has 4 aromatic rings. The predicted octanol–water partition coefficient (Wildman–Crippen LogP) is 0.542. The van der Waals surface area contributed by atoms with E-state index in [0.29, 0.717) is 35.5 Å². The molecule has 1 aliphatic heterocycles. The van der Waals surface area contributed by atoms with Crippen molar-refractivity contribution < 1.29 is 48.3 Å². The van der Waals surface area contributed by atoms with Crippen LogP contribution in [0.25, 0.3) is 0 Å². The van der Waals surface area contributed by atoms with Crippen molar-refractivity contribution in [3.63, 3.8) is 0 Å². The van der Waals surface area contributed by atoms with Crippen LogP contribution >= 0.6 is 0 Å². The lowest BCUT2D eigenvalue weighted by atomic mass is 9.94. The van der Waals surface area contributed by atoms with Crippen LogP contribution in [0, 0.1) is 23.2 Å². The van der Waals surface area contributed by atoms with E-state index in [0.717, 1.165) is 0 Å². The number of nitrogens with one attached hydrogen (secondary N) is 10. The fourth-order valence-corrected chi connectivity index (χ4v) is 9.37. The summed E-state index contributed by atoms with van der Waals surface area (Å²) in [6, 6.07) is -0.174. The zero-order chi connectivity index (χ0) is 59.6. The molecule has 1 saturated heterocycles. The predicted molar refractivity (Wildman–Crippen MR) is 298 cm³/mol. The Hall–Kier alpha value is -7.96. The molecule has 13 N–H and O–H groups in total. The lowest BCUT2D eigenvalue weighted by Crippen LogP contribution is -2.60. The second-order valence-electron chi connectivity index (χ2n) is 22.8. The molecule has 5 rings (SSSR count). The van der Waals surface area contributed by atoms with Crippen LogP contribution in [0.1, 0.15) is 117 Å². The van der Waals surface area contributed by atoms with Crippen molar-refractivity contribution in [1.29, 1.82) is 0 Å². The number of aliphatic hydroxyl groups excluding tert-OH is 1. The van der Waals surface area contributed by atoms with Gasteiger partial charge in [0.05, 0.1) is 37.5 Å². The minimum Gasteiger partial charge on any atom is -0.390 e. The fourth-order valence-electron chi connectivity index (χ4n) is 9.37. The summed E-state index contributed by atoms with van der Waals surface area (Å²) in [7, 11) is 0. The smallest absolute Gasteiger partial charge is 0.246 e. The number of aromatic amines is 3. The van der Waals surface area contributed by atoms with E-state index in [1.54, 1.807) is 78.1 Å². The molecule has 0 saturated carbocycles. The number of nitrogens with two attached hydrogens (primary N) is 1. The van der Waals surface area contributed by atoms with Crippen LogP contribution in [0.15, 0.2) is 67.9 Å². The number of carbonyl (C=O) groups is 9. The summed E-state index contributed by atoms with van der Waals surface area (Å²) in [6.45, 7) is 16.1. The van der Waals surface area contributed by atoms with Crippen molar-refractivity contribution in [3.8, 4) is 0 Å². The van der Waals surface area contributed by atoms with Crippen molar-refractivity contribution >= 4 is 53.2 Å². The van der Waals surface area contributed by atoms with Crippen molar-refractivity contribution in [3.05, 3.63) is 90.5 Å². The first-order chi connectivity index (χ1) is 38.3. The Balaban J connectivity index is 1.31. The summed E-state index contributed by atoms with van der Waals surface area (Å²) >= 11 is 0. The first-order valence-electron chi connectivity index (χ1n) is 27.7. The van der Waals surface area contributed by atoms with Crippen LogP contribution in [0.4, 0.5) is 0 Å². The van der Waals surface area contributed by atoms with Gasteiger partial charge in [0.25, 0.3) is 0 Å². The van der Waals surface area contributed by atoms with Crippen LogP contribution in [0.3, 0.4) is 0 Å². The van der Waals surface area contributed by atoms with Crippen molar-refractivity contribution in [2.75, 3.05) is 6.54 Å². The molecular weight excluding hydrogens is 1040 g/mol. The lowest BCUT2D eigenvalue weighted by Gasteiger charge is -2.31. The van der Waals surface area contributed by atoms with E-state index in [1.165, 1.54) is 36.3 Å². The Kier molecular flexibility index (Phi) is 23.7.